The second kappa shape index (κ2) is 3.12. The van der Waals surface area contributed by atoms with Gasteiger partial charge in [-0.05, 0) is 18.1 Å². The number of alkyl halides is 1. The summed E-state index contributed by atoms with van der Waals surface area (Å²) >= 11 is 2.37. The first-order chi connectivity index (χ1) is 3.93. The molecule has 0 saturated carbocycles. The Bertz CT molecular complexity index is 134. The van der Waals surface area contributed by atoms with E-state index in [1.54, 1.807) is 0 Å². The lowest BCUT2D eigenvalue weighted by Gasteiger charge is -1.84. The van der Waals surface area contributed by atoms with Crippen molar-refractivity contribution >= 4 is 22.6 Å². The third-order valence-electron chi connectivity index (χ3n) is 1.05. The Morgan fingerprint density at radius 2 is 2.50 bits per heavy atom. The average Bonchev–Trinajstić information content (AvgIpc) is 2.19. The summed E-state index contributed by atoms with van der Waals surface area (Å²) in [4.78, 5) is 3.01. The predicted molar refractivity (Wildman–Crippen MR) is 43.4 cm³/mol. The number of nitrogens with one attached hydrogen (secondary N) is 1. The van der Waals surface area contributed by atoms with E-state index in [4.69, 9.17) is 0 Å². The Kier molecular flexibility index (Phi) is 2.39. The molecule has 8 heavy (non-hydrogen) atoms. The number of aryl methyl sites for hydroxylation is 1. The molecule has 1 rings (SSSR count). The van der Waals surface area contributed by atoms with Gasteiger partial charge in [0.1, 0.15) is 0 Å². The third-order valence-corrected chi connectivity index (χ3v) is 1.58. The number of aromatic nitrogens is 1. The Morgan fingerprint density at radius 1 is 1.62 bits per heavy atom. The van der Waals surface area contributed by atoms with Gasteiger partial charge in [0.15, 0.2) is 0 Å². The van der Waals surface area contributed by atoms with Gasteiger partial charge in [-0.15, -0.1) is 0 Å². The summed E-state index contributed by atoms with van der Waals surface area (Å²) in [6.45, 7) is 0. The molecule has 1 nitrogen and oxygen atoms in total. The summed E-state index contributed by atoms with van der Waals surface area (Å²) in [6, 6.07) is 2.11. The highest BCUT2D eigenvalue weighted by Crippen LogP contribution is 1.99. The van der Waals surface area contributed by atoms with Crippen molar-refractivity contribution in [2.45, 2.75) is 6.42 Å². The first-order valence-electron chi connectivity index (χ1n) is 2.61. The van der Waals surface area contributed by atoms with Gasteiger partial charge in [-0.25, -0.2) is 0 Å². The number of H-pyrrole nitrogens is 1. The van der Waals surface area contributed by atoms with Gasteiger partial charge in [-0.2, -0.15) is 0 Å². The molecule has 0 atom stereocenters. The second-order valence-electron chi connectivity index (χ2n) is 1.66. The summed E-state index contributed by atoms with van der Waals surface area (Å²) in [5, 5.41) is 0. The highest BCUT2D eigenvalue weighted by molar-refractivity contribution is 14.1. The highest BCUT2D eigenvalue weighted by Gasteiger charge is 1.86. The molecule has 0 unspecified atom stereocenters. The van der Waals surface area contributed by atoms with E-state index in [0.29, 0.717) is 0 Å². The summed E-state index contributed by atoms with van der Waals surface area (Å²) in [5.74, 6) is 0. The molecular formula is C6H8IN. The normalized spacial score (nSPS) is 9.62. The molecule has 1 aromatic heterocycles. The van der Waals surface area contributed by atoms with Gasteiger partial charge in [-0.1, -0.05) is 22.6 Å². The van der Waals surface area contributed by atoms with Crippen molar-refractivity contribution in [1.82, 2.24) is 4.98 Å². The lowest BCUT2D eigenvalue weighted by molar-refractivity contribution is 1.18. The van der Waals surface area contributed by atoms with Crippen LogP contribution in [0.2, 0.25) is 0 Å². The molecule has 0 aromatic carbocycles. The summed E-state index contributed by atoms with van der Waals surface area (Å²) < 4.78 is 1.20. The van der Waals surface area contributed by atoms with Crippen LogP contribution in [-0.2, 0) is 6.42 Å². The van der Waals surface area contributed by atoms with E-state index in [1.807, 2.05) is 12.4 Å². The van der Waals surface area contributed by atoms with Crippen LogP contribution in [0.15, 0.2) is 18.5 Å². The number of halogens is 1. The summed E-state index contributed by atoms with van der Waals surface area (Å²) in [7, 11) is 0. The molecule has 0 fully saturated rings. The minimum absolute atomic E-state index is 1.18. The predicted octanol–water partition coefficient (Wildman–Crippen LogP) is 1.99. The van der Waals surface area contributed by atoms with Crippen LogP contribution in [0.5, 0.6) is 0 Å². The maximum atomic E-state index is 3.01. The van der Waals surface area contributed by atoms with Crippen LogP contribution >= 0.6 is 22.6 Å². The van der Waals surface area contributed by atoms with Crippen molar-refractivity contribution in [1.29, 1.82) is 0 Å². The Labute approximate surface area is 62.6 Å². The molecule has 2 heteroatoms. The van der Waals surface area contributed by atoms with E-state index in [2.05, 4.69) is 33.6 Å². The van der Waals surface area contributed by atoms with Crippen LogP contribution in [0.3, 0.4) is 0 Å². The maximum Gasteiger partial charge on any atom is 0.00376 e. The van der Waals surface area contributed by atoms with E-state index in [1.165, 1.54) is 16.4 Å². The highest BCUT2D eigenvalue weighted by atomic mass is 127. The first-order valence-corrected chi connectivity index (χ1v) is 4.13. The zero-order valence-electron chi connectivity index (χ0n) is 4.52. The van der Waals surface area contributed by atoms with E-state index in [9.17, 15) is 0 Å². The van der Waals surface area contributed by atoms with Crippen LogP contribution in [0.25, 0.3) is 0 Å². The zero-order valence-corrected chi connectivity index (χ0v) is 6.68. The molecule has 44 valence electrons. The van der Waals surface area contributed by atoms with E-state index in [0.717, 1.165) is 0 Å². The van der Waals surface area contributed by atoms with Crippen molar-refractivity contribution in [3.8, 4) is 0 Å². The topological polar surface area (TPSA) is 15.8 Å². The Morgan fingerprint density at radius 3 is 3.00 bits per heavy atom. The molecular weight excluding hydrogens is 213 g/mol. The average molecular weight is 221 g/mol. The third kappa shape index (κ3) is 1.51. The standard InChI is InChI=1S/C6H8IN/c7-3-1-6-2-4-8-5-6/h2,4-5,8H,1,3H2. The Hall–Kier alpha value is 0.01000. The van der Waals surface area contributed by atoms with Gasteiger partial charge >= 0.3 is 0 Å². The van der Waals surface area contributed by atoms with Crippen molar-refractivity contribution < 1.29 is 0 Å². The zero-order chi connectivity index (χ0) is 5.82. The first kappa shape index (κ1) is 6.13. The van der Waals surface area contributed by atoms with Crippen molar-refractivity contribution in [3.63, 3.8) is 0 Å². The number of aromatic amines is 1. The molecule has 0 spiro atoms. The van der Waals surface area contributed by atoms with Gasteiger partial charge in [-0.3, -0.25) is 0 Å². The molecule has 1 aromatic rings. The number of hydrogen-bond acceptors (Lipinski definition) is 0. The molecule has 0 saturated heterocycles. The van der Waals surface area contributed by atoms with Gasteiger partial charge in [0, 0.05) is 16.8 Å². The van der Waals surface area contributed by atoms with Crippen LogP contribution in [-0.4, -0.2) is 9.41 Å². The van der Waals surface area contributed by atoms with Crippen molar-refractivity contribution in [2.75, 3.05) is 4.43 Å². The Balaban J connectivity index is 2.50. The molecule has 0 aliphatic rings. The summed E-state index contributed by atoms with van der Waals surface area (Å²) in [6.07, 6.45) is 5.18. The van der Waals surface area contributed by atoms with Crippen LogP contribution in [0.1, 0.15) is 5.56 Å². The molecule has 1 heterocycles. The number of hydrogen-bond donors (Lipinski definition) is 1. The molecule has 0 aliphatic heterocycles. The second-order valence-corrected chi connectivity index (χ2v) is 2.74. The van der Waals surface area contributed by atoms with Crippen LogP contribution < -0.4 is 0 Å². The summed E-state index contributed by atoms with van der Waals surface area (Å²) in [5.41, 5.74) is 1.40. The molecule has 1 N–H and O–H groups in total. The molecule has 0 bridgehead atoms. The molecule has 0 aliphatic carbocycles. The lowest BCUT2D eigenvalue weighted by Crippen LogP contribution is -1.78. The fourth-order valence-corrected chi connectivity index (χ4v) is 1.25. The fourth-order valence-electron chi connectivity index (χ4n) is 0.623. The van der Waals surface area contributed by atoms with Gasteiger partial charge in [0.25, 0.3) is 0 Å². The van der Waals surface area contributed by atoms with E-state index < -0.39 is 0 Å². The van der Waals surface area contributed by atoms with Gasteiger partial charge in [0.05, 0.1) is 0 Å². The minimum Gasteiger partial charge on any atom is -0.367 e. The monoisotopic (exact) mass is 221 g/mol. The van der Waals surface area contributed by atoms with Gasteiger partial charge in [0.2, 0.25) is 0 Å². The fraction of sp³-hybridized carbons (Fsp3) is 0.333. The molecule has 0 amide bonds. The van der Waals surface area contributed by atoms with E-state index >= 15 is 0 Å². The molecule has 0 radical (unpaired) electrons. The number of rotatable bonds is 2. The van der Waals surface area contributed by atoms with Crippen molar-refractivity contribution in [2.24, 2.45) is 0 Å². The smallest absolute Gasteiger partial charge is 0.00376 e. The van der Waals surface area contributed by atoms with Crippen molar-refractivity contribution in [3.05, 3.63) is 24.0 Å². The van der Waals surface area contributed by atoms with Gasteiger partial charge < -0.3 is 4.98 Å². The van der Waals surface area contributed by atoms with Crippen LogP contribution in [0.4, 0.5) is 0 Å². The minimum atomic E-state index is 1.18. The quantitative estimate of drug-likeness (QED) is 0.580. The maximum absolute atomic E-state index is 3.01. The van der Waals surface area contributed by atoms with E-state index in [-0.39, 0.29) is 0 Å². The van der Waals surface area contributed by atoms with Crippen LogP contribution in [0, 0.1) is 0 Å². The SMILES string of the molecule is ICCc1cc[nH]c1. The lowest BCUT2D eigenvalue weighted by atomic mass is 10.3. The largest absolute Gasteiger partial charge is 0.367 e.